The molecule has 0 bridgehead atoms. The quantitative estimate of drug-likeness (QED) is 0.846. The van der Waals surface area contributed by atoms with Crippen LogP contribution in [0.5, 0.6) is 0 Å². The van der Waals surface area contributed by atoms with Gasteiger partial charge in [0.1, 0.15) is 0 Å². The molecule has 0 saturated heterocycles. The molecule has 1 aromatic carbocycles. The lowest BCUT2D eigenvalue weighted by Gasteiger charge is -2.19. The molecule has 0 atom stereocenters. The summed E-state index contributed by atoms with van der Waals surface area (Å²) in [6.45, 7) is 6.61. The first-order valence-electron chi connectivity index (χ1n) is 6.27. The van der Waals surface area contributed by atoms with Crippen molar-refractivity contribution in [3.8, 4) is 11.8 Å². The summed E-state index contributed by atoms with van der Waals surface area (Å²) >= 11 is 0. The summed E-state index contributed by atoms with van der Waals surface area (Å²) in [5.41, 5.74) is 6.72. The number of rotatable bonds is 4. The average Bonchev–Trinajstić information content (AvgIpc) is 2.38. The van der Waals surface area contributed by atoms with Crippen LogP contribution in [0.3, 0.4) is 0 Å². The highest BCUT2D eigenvalue weighted by Gasteiger charge is 2.23. The Labute approximate surface area is 115 Å². The SMILES string of the molecule is CCN(CC)S(=O)(=O)c1cc(C#CCN)ccc1C. The maximum Gasteiger partial charge on any atom is 0.243 e. The van der Waals surface area contributed by atoms with Gasteiger partial charge in [0.05, 0.1) is 11.4 Å². The predicted octanol–water partition coefficient (Wildman–Crippen LogP) is 1.34. The second-order valence-electron chi connectivity index (χ2n) is 4.08. The second kappa shape index (κ2) is 6.71. The minimum Gasteiger partial charge on any atom is -0.320 e. The van der Waals surface area contributed by atoms with Crippen molar-refractivity contribution in [2.75, 3.05) is 19.6 Å². The smallest absolute Gasteiger partial charge is 0.243 e. The summed E-state index contributed by atoms with van der Waals surface area (Å²) in [5, 5.41) is 0. The third kappa shape index (κ3) is 3.57. The van der Waals surface area contributed by atoms with Crippen LogP contribution in [0, 0.1) is 18.8 Å². The fourth-order valence-electron chi connectivity index (χ4n) is 1.81. The highest BCUT2D eigenvalue weighted by molar-refractivity contribution is 7.89. The maximum atomic E-state index is 12.5. The van der Waals surface area contributed by atoms with E-state index in [4.69, 9.17) is 5.73 Å². The van der Waals surface area contributed by atoms with Crippen LogP contribution in [-0.2, 0) is 10.0 Å². The molecule has 5 heteroatoms. The van der Waals surface area contributed by atoms with E-state index in [1.165, 1.54) is 4.31 Å². The van der Waals surface area contributed by atoms with E-state index in [9.17, 15) is 8.42 Å². The van der Waals surface area contributed by atoms with Crippen LogP contribution in [0.15, 0.2) is 23.1 Å². The number of hydrogen-bond donors (Lipinski definition) is 1. The van der Waals surface area contributed by atoms with Gasteiger partial charge in [-0.25, -0.2) is 8.42 Å². The molecule has 0 saturated carbocycles. The Balaban J connectivity index is 3.33. The van der Waals surface area contributed by atoms with E-state index in [1.807, 2.05) is 13.8 Å². The van der Waals surface area contributed by atoms with Gasteiger partial charge in [0.2, 0.25) is 10.0 Å². The van der Waals surface area contributed by atoms with Gasteiger partial charge >= 0.3 is 0 Å². The molecule has 0 unspecified atom stereocenters. The van der Waals surface area contributed by atoms with Gasteiger partial charge in [-0.3, -0.25) is 0 Å². The molecule has 19 heavy (non-hydrogen) atoms. The van der Waals surface area contributed by atoms with E-state index in [0.717, 1.165) is 5.56 Å². The standard InChI is InChI=1S/C14H20N2O2S/c1-4-16(5-2)19(17,18)14-11-13(7-6-10-15)9-8-12(14)3/h8-9,11H,4-5,10,15H2,1-3H3. The third-order valence-electron chi connectivity index (χ3n) is 2.85. The van der Waals surface area contributed by atoms with Crippen LogP contribution in [0.1, 0.15) is 25.0 Å². The van der Waals surface area contributed by atoms with Crippen LogP contribution < -0.4 is 5.73 Å². The molecule has 0 aliphatic rings. The Morgan fingerprint density at radius 1 is 1.26 bits per heavy atom. The number of nitrogens with two attached hydrogens (primary N) is 1. The van der Waals surface area contributed by atoms with E-state index >= 15 is 0 Å². The normalized spacial score (nSPS) is 11.2. The molecular formula is C14H20N2O2S. The Bertz CT molecular complexity index is 594. The number of sulfonamides is 1. The van der Waals surface area contributed by atoms with Gasteiger partial charge in [0.25, 0.3) is 0 Å². The van der Waals surface area contributed by atoms with Crippen LogP contribution in [0.2, 0.25) is 0 Å². The predicted molar refractivity (Wildman–Crippen MR) is 77.2 cm³/mol. The van der Waals surface area contributed by atoms with Crippen molar-refractivity contribution in [2.45, 2.75) is 25.7 Å². The van der Waals surface area contributed by atoms with Crippen LogP contribution in [0.4, 0.5) is 0 Å². The van der Waals surface area contributed by atoms with E-state index < -0.39 is 10.0 Å². The first-order chi connectivity index (χ1) is 8.97. The average molecular weight is 280 g/mol. The topological polar surface area (TPSA) is 63.4 Å². The molecule has 0 heterocycles. The lowest BCUT2D eigenvalue weighted by Crippen LogP contribution is -2.31. The van der Waals surface area contributed by atoms with Gasteiger partial charge in [-0.1, -0.05) is 31.8 Å². The largest absolute Gasteiger partial charge is 0.320 e. The van der Waals surface area contributed by atoms with Crippen LogP contribution in [-0.4, -0.2) is 32.4 Å². The molecule has 0 amide bonds. The van der Waals surface area contributed by atoms with E-state index in [1.54, 1.807) is 25.1 Å². The molecule has 1 aromatic rings. The molecule has 0 aliphatic heterocycles. The summed E-state index contributed by atoms with van der Waals surface area (Å²) < 4.78 is 26.4. The van der Waals surface area contributed by atoms with Crippen molar-refractivity contribution < 1.29 is 8.42 Å². The summed E-state index contributed by atoms with van der Waals surface area (Å²) in [4.78, 5) is 0.319. The molecule has 2 N–H and O–H groups in total. The number of aryl methyl sites for hydroxylation is 1. The van der Waals surface area contributed by atoms with Crippen LogP contribution >= 0.6 is 0 Å². The number of hydrogen-bond acceptors (Lipinski definition) is 3. The molecule has 104 valence electrons. The first-order valence-corrected chi connectivity index (χ1v) is 7.71. The molecule has 0 aliphatic carbocycles. The summed E-state index contributed by atoms with van der Waals surface area (Å²) in [7, 11) is -3.45. The lowest BCUT2D eigenvalue weighted by molar-refractivity contribution is 0.445. The van der Waals surface area contributed by atoms with E-state index in [-0.39, 0.29) is 6.54 Å². The van der Waals surface area contributed by atoms with Gasteiger partial charge < -0.3 is 5.73 Å². The van der Waals surface area contributed by atoms with E-state index in [0.29, 0.717) is 23.5 Å². The van der Waals surface area contributed by atoms with Crippen LogP contribution in [0.25, 0.3) is 0 Å². The second-order valence-corrected chi connectivity index (χ2v) is 5.98. The Hall–Kier alpha value is -1.35. The number of benzene rings is 1. The monoisotopic (exact) mass is 280 g/mol. The minimum absolute atomic E-state index is 0.256. The lowest BCUT2D eigenvalue weighted by atomic mass is 10.1. The molecule has 0 aromatic heterocycles. The molecule has 1 rings (SSSR count). The first kappa shape index (κ1) is 15.7. The summed E-state index contributed by atoms with van der Waals surface area (Å²) in [6, 6.07) is 5.20. The molecular weight excluding hydrogens is 260 g/mol. The van der Waals surface area contributed by atoms with Gasteiger partial charge in [0, 0.05) is 18.7 Å². The van der Waals surface area contributed by atoms with Gasteiger partial charge in [-0.15, -0.1) is 0 Å². The highest BCUT2D eigenvalue weighted by atomic mass is 32.2. The molecule has 0 spiro atoms. The van der Waals surface area contributed by atoms with Gasteiger partial charge in [-0.2, -0.15) is 4.31 Å². The third-order valence-corrected chi connectivity index (χ3v) is 5.04. The zero-order valence-electron chi connectivity index (χ0n) is 11.6. The van der Waals surface area contributed by atoms with Crippen molar-refractivity contribution in [2.24, 2.45) is 5.73 Å². The van der Waals surface area contributed by atoms with Gasteiger partial charge in [-0.05, 0) is 24.6 Å². The van der Waals surface area contributed by atoms with Crippen molar-refractivity contribution in [1.82, 2.24) is 4.31 Å². The van der Waals surface area contributed by atoms with E-state index in [2.05, 4.69) is 11.8 Å². The Kier molecular flexibility index (Phi) is 5.55. The summed E-state index contributed by atoms with van der Waals surface area (Å²) in [5.74, 6) is 5.59. The van der Waals surface area contributed by atoms with Crippen molar-refractivity contribution >= 4 is 10.0 Å². The Morgan fingerprint density at radius 2 is 1.89 bits per heavy atom. The summed E-state index contributed by atoms with van der Waals surface area (Å²) in [6.07, 6.45) is 0. The minimum atomic E-state index is -3.45. The number of nitrogens with zero attached hydrogens (tertiary/aromatic N) is 1. The fraction of sp³-hybridized carbons (Fsp3) is 0.429. The maximum absolute atomic E-state index is 12.5. The highest BCUT2D eigenvalue weighted by Crippen LogP contribution is 2.20. The van der Waals surface area contributed by atoms with Crippen molar-refractivity contribution in [3.63, 3.8) is 0 Å². The Morgan fingerprint density at radius 3 is 2.42 bits per heavy atom. The zero-order chi connectivity index (χ0) is 14.5. The van der Waals surface area contributed by atoms with Gasteiger partial charge in [0.15, 0.2) is 0 Å². The van der Waals surface area contributed by atoms with Crippen molar-refractivity contribution in [3.05, 3.63) is 29.3 Å². The van der Waals surface area contributed by atoms with Crippen molar-refractivity contribution in [1.29, 1.82) is 0 Å². The molecule has 0 radical (unpaired) electrons. The zero-order valence-corrected chi connectivity index (χ0v) is 12.4. The molecule has 4 nitrogen and oxygen atoms in total. The molecule has 0 fully saturated rings. The fourth-order valence-corrected chi connectivity index (χ4v) is 3.52.